The van der Waals surface area contributed by atoms with Crippen molar-refractivity contribution in [1.29, 1.82) is 0 Å². The molecule has 0 amide bonds. The van der Waals surface area contributed by atoms with E-state index < -0.39 is 0 Å². The summed E-state index contributed by atoms with van der Waals surface area (Å²) < 4.78 is 14.0. The maximum atomic E-state index is 13.5. The van der Waals surface area contributed by atoms with E-state index in [0.717, 1.165) is 11.1 Å². The lowest BCUT2D eigenvalue weighted by molar-refractivity contribution is 0.614. The SMILES string of the molecule is CC(C)c1ccc(C(N)Cc2cccc(F)c2Br)cc1. The molecule has 20 heavy (non-hydrogen) atoms. The Bertz CT molecular complexity index is 578. The first-order chi connectivity index (χ1) is 9.49. The zero-order valence-electron chi connectivity index (χ0n) is 11.7. The van der Waals surface area contributed by atoms with Gasteiger partial charge in [-0.15, -0.1) is 0 Å². The van der Waals surface area contributed by atoms with E-state index in [1.54, 1.807) is 6.07 Å². The third-order valence-corrected chi connectivity index (χ3v) is 4.39. The summed E-state index contributed by atoms with van der Waals surface area (Å²) in [7, 11) is 0. The standard InChI is InChI=1S/C17H19BrFN/c1-11(2)12-6-8-13(9-7-12)16(20)10-14-4-3-5-15(19)17(14)18/h3-9,11,16H,10,20H2,1-2H3. The van der Waals surface area contributed by atoms with Gasteiger partial charge < -0.3 is 5.73 Å². The fourth-order valence-electron chi connectivity index (χ4n) is 2.19. The Labute approximate surface area is 128 Å². The van der Waals surface area contributed by atoms with Crippen molar-refractivity contribution in [3.8, 4) is 0 Å². The van der Waals surface area contributed by atoms with Crippen molar-refractivity contribution in [1.82, 2.24) is 0 Å². The number of hydrogen-bond donors (Lipinski definition) is 1. The van der Waals surface area contributed by atoms with Crippen molar-refractivity contribution in [2.45, 2.75) is 32.2 Å². The topological polar surface area (TPSA) is 26.0 Å². The monoisotopic (exact) mass is 335 g/mol. The van der Waals surface area contributed by atoms with E-state index >= 15 is 0 Å². The second-order valence-electron chi connectivity index (χ2n) is 5.34. The molecular weight excluding hydrogens is 317 g/mol. The quantitative estimate of drug-likeness (QED) is 0.840. The van der Waals surface area contributed by atoms with Gasteiger partial charge in [-0.05, 0) is 51.0 Å². The fraction of sp³-hybridized carbons (Fsp3) is 0.294. The Balaban J connectivity index is 2.15. The molecular formula is C17H19BrFN. The van der Waals surface area contributed by atoms with Crippen LogP contribution in [-0.2, 0) is 6.42 Å². The van der Waals surface area contributed by atoms with Crippen LogP contribution in [0.2, 0.25) is 0 Å². The minimum atomic E-state index is -0.246. The summed E-state index contributed by atoms with van der Waals surface area (Å²) in [6.45, 7) is 4.33. The molecule has 0 spiro atoms. The van der Waals surface area contributed by atoms with Crippen LogP contribution in [0.15, 0.2) is 46.9 Å². The Morgan fingerprint density at radius 3 is 2.25 bits per heavy atom. The summed E-state index contributed by atoms with van der Waals surface area (Å²) in [5.74, 6) is 0.266. The Morgan fingerprint density at radius 1 is 1.05 bits per heavy atom. The van der Waals surface area contributed by atoms with E-state index in [4.69, 9.17) is 5.73 Å². The number of rotatable bonds is 4. The summed E-state index contributed by atoms with van der Waals surface area (Å²) in [4.78, 5) is 0. The molecule has 0 aliphatic carbocycles. The van der Waals surface area contributed by atoms with Gasteiger partial charge in [0, 0.05) is 6.04 Å². The van der Waals surface area contributed by atoms with Crippen molar-refractivity contribution in [2.24, 2.45) is 5.73 Å². The van der Waals surface area contributed by atoms with Crippen molar-refractivity contribution in [3.05, 3.63) is 69.4 Å². The average molecular weight is 336 g/mol. The van der Waals surface area contributed by atoms with Crippen molar-refractivity contribution >= 4 is 15.9 Å². The first kappa shape index (κ1) is 15.2. The number of benzene rings is 2. The lowest BCUT2D eigenvalue weighted by Crippen LogP contribution is -2.14. The number of nitrogens with two attached hydrogens (primary N) is 1. The highest BCUT2D eigenvalue weighted by Crippen LogP contribution is 2.25. The van der Waals surface area contributed by atoms with Gasteiger partial charge in [0.2, 0.25) is 0 Å². The summed E-state index contributed by atoms with van der Waals surface area (Å²) in [6.07, 6.45) is 0.610. The Hall–Kier alpha value is -1.19. The predicted molar refractivity (Wildman–Crippen MR) is 85.3 cm³/mol. The molecule has 106 valence electrons. The highest BCUT2D eigenvalue weighted by Gasteiger charge is 2.12. The normalized spacial score (nSPS) is 12.7. The van der Waals surface area contributed by atoms with Crippen LogP contribution in [-0.4, -0.2) is 0 Å². The third-order valence-electron chi connectivity index (χ3n) is 3.50. The molecule has 0 saturated heterocycles. The predicted octanol–water partition coefficient (Wildman–Crippen LogP) is 4.95. The number of hydrogen-bond acceptors (Lipinski definition) is 1. The molecule has 0 fully saturated rings. The second kappa shape index (κ2) is 6.51. The average Bonchev–Trinajstić information content (AvgIpc) is 2.44. The van der Waals surface area contributed by atoms with E-state index in [1.165, 1.54) is 11.6 Å². The molecule has 2 aromatic carbocycles. The lowest BCUT2D eigenvalue weighted by Gasteiger charge is -2.15. The maximum absolute atomic E-state index is 13.5. The number of halogens is 2. The fourth-order valence-corrected chi connectivity index (χ4v) is 2.62. The van der Waals surface area contributed by atoms with Gasteiger partial charge in [-0.2, -0.15) is 0 Å². The molecule has 0 aromatic heterocycles. The van der Waals surface area contributed by atoms with Gasteiger partial charge >= 0.3 is 0 Å². The lowest BCUT2D eigenvalue weighted by atomic mass is 9.96. The third kappa shape index (κ3) is 3.47. The van der Waals surface area contributed by atoms with Crippen LogP contribution >= 0.6 is 15.9 Å². The van der Waals surface area contributed by atoms with E-state index in [0.29, 0.717) is 16.8 Å². The molecule has 0 aliphatic heterocycles. The molecule has 0 heterocycles. The van der Waals surface area contributed by atoms with Crippen LogP contribution in [0.5, 0.6) is 0 Å². The molecule has 0 bridgehead atoms. The Morgan fingerprint density at radius 2 is 1.65 bits per heavy atom. The van der Waals surface area contributed by atoms with Gasteiger partial charge in [0.15, 0.2) is 0 Å². The summed E-state index contributed by atoms with van der Waals surface area (Å²) in [6, 6.07) is 13.3. The van der Waals surface area contributed by atoms with Crippen LogP contribution < -0.4 is 5.73 Å². The first-order valence-corrected chi connectivity index (χ1v) is 7.56. The van der Waals surface area contributed by atoms with Crippen LogP contribution in [0.3, 0.4) is 0 Å². The van der Waals surface area contributed by atoms with Crippen molar-refractivity contribution in [2.75, 3.05) is 0 Å². The van der Waals surface area contributed by atoms with E-state index in [9.17, 15) is 4.39 Å². The van der Waals surface area contributed by atoms with Crippen LogP contribution in [0.1, 0.15) is 42.5 Å². The molecule has 1 unspecified atom stereocenters. The molecule has 2 aromatic rings. The molecule has 0 aliphatic rings. The van der Waals surface area contributed by atoms with Crippen LogP contribution in [0, 0.1) is 5.82 Å². The van der Waals surface area contributed by atoms with Gasteiger partial charge in [0.25, 0.3) is 0 Å². The van der Waals surface area contributed by atoms with Gasteiger partial charge in [0.05, 0.1) is 4.47 Å². The first-order valence-electron chi connectivity index (χ1n) is 6.77. The van der Waals surface area contributed by atoms with Crippen molar-refractivity contribution < 1.29 is 4.39 Å². The van der Waals surface area contributed by atoms with Gasteiger partial charge in [0.1, 0.15) is 5.82 Å². The highest BCUT2D eigenvalue weighted by molar-refractivity contribution is 9.10. The zero-order valence-corrected chi connectivity index (χ0v) is 13.3. The summed E-state index contributed by atoms with van der Waals surface area (Å²) >= 11 is 3.28. The molecule has 1 nitrogen and oxygen atoms in total. The zero-order chi connectivity index (χ0) is 14.7. The van der Waals surface area contributed by atoms with Crippen molar-refractivity contribution in [3.63, 3.8) is 0 Å². The molecule has 0 saturated carbocycles. The van der Waals surface area contributed by atoms with Crippen LogP contribution in [0.25, 0.3) is 0 Å². The molecule has 1 atom stereocenters. The maximum Gasteiger partial charge on any atom is 0.137 e. The summed E-state index contributed by atoms with van der Waals surface area (Å²) in [5.41, 5.74) is 9.50. The van der Waals surface area contributed by atoms with Gasteiger partial charge in [-0.3, -0.25) is 0 Å². The summed E-state index contributed by atoms with van der Waals surface area (Å²) in [5, 5.41) is 0. The van der Waals surface area contributed by atoms with Gasteiger partial charge in [-0.25, -0.2) is 4.39 Å². The molecule has 2 N–H and O–H groups in total. The second-order valence-corrected chi connectivity index (χ2v) is 6.14. The van der Waals surface area contributed by atoms with E-state index in [-0.39, 0.29) is 11.9 Å². The van der Waals surface area contributed by atoms with Crippen LogP contribution in [0.4, 0.5) is 4.39 Å². The largest absolute Gasteiger partial charge is 0.324 e. The van der Waals surface area contributed by atoms with E-state index in [2.05, 4.69) is 54.0 Å². The minimum Gasteiger partial charge on any atom is -0.324 e. The van der Waals surface area contributed by atoms with E-state index in [1.807, 2.05) is 6.07 Å². The molecule has 0 radical (unpaired) electrons. The minimum absolute atomic E-state index is 0.130. The smallest absolute Gasteiger partial charge is 0.137 e. The van der Waals surface area contributed by atoms with Gasteiger partial charge in [-0.1, -0.05) is 50.2 Å². The highest BCUT2D eigenvalue weighted by atomic mass is 79.9. The molecule has 2 rings (SSSR count). The molecule has 3 heteroatoms. The Kier molecular flexibility index (Phi) is 4.95.